The summed E-state index contributed by atoms with van der Waals surface area (Å²) >= 11 is 0. The molecule has 0 amide bonds. The van der Waals surface area contributed by atoms with Crippen molar-refractivity contribution in [2.24, 2.45) is 0 Å². The molecule has 0 spiro atoms. The molecule has 22 heavy (non-hydrogen) atoms. The van der Waals surface area contributed by atoms with Gasteiger partial charge in [-0.05, 0) is 35.4 Å². The number of anilines is 1. The Balaban J connectivity index is 1.93. The molecule has 0 atom stereocenters. The Morgan fingerprint density at radius 2 is 1.41 bits per heavy atom. The predicted molar refractivity (Wildman–Crippen MR) is 87.7 cm³/mol. The number of ether oxygens (including phenoxy) is 1. The summed E-state index contributed by atoms with van der Waals surface area (Å²) in [5.41, 5.74) is 3.00. The summed E-state index contributed by atoms with van der Waals surface area (Å²) in [5, 5.41) is 2.98. The van der Waals surface area contributed by atoms with Crippen molar-refractivity contribution in [3.05, 3.63) is 59.7 Å². The summed E-state index contributed by atoms with van der Waals surface area (Å²) in [7, 11) is 0. The Morgan fingerprint density at radius 3 is 1.95 bits per heavy atom. The van der Waals surface area contributed by atoms with Crippen LogP contribution in [0.3, 0.4) is 0 Å². The van der Waals surface area contributed by atoms with Crippen LogP contribution in [0.2, 0.25) is 0 Å². The van der Waals surface area contributed by atoms with Crippen LogP contribution in [0.1, 0.15) is 11.1 Å². The third kappa shape index (κ3) is 5.20. The van der Waals surface area contributed by atoms with Crippen LogP contribution >= 0.6 is 0 Å². The van der Waals surface area contributed by atoms with Crippen LogP contribution in [0.15, 0.2) is 48.5 Å². The lowest BCUT2D eigenvalue weighted by Crippen LogP contribution is -2.02. The van der Waals surface area contributed by atoms with E-state index in [2.05, 4.69) is 5.32 Å². The van der Waals surface area contributed by atoms with Gasteiger partial charge in [-0.25, -0.2) is 8.78 Å². The lowest BCUT2D eigenvalue weighted by atomic mass is 10.1. The fourth-order valence-electron chi connectivity index (χ4n) is 1.93. The molecule has 0 aromatic heterocycles. The van der Waals surface area contributed by atoms with Crippen LogP contribution in [-0.4, -0.2) is 26.5 Å². The van der Waals surface area contributed by atoms with Crippen molar-refractivity contribution in [3.8, 4) is 5.75 Å². The highest BCUT2D eigenvalue weighted by atomic mass is 19.1. The van der Waals surface area contributed by atoms with Crippen LogP contribution in [0.25, 0.3) is 12.2 Å². The Morgan fingerprint density at radius 1 is 0.818 bits per heavy atom. The lowest BCUT2D eigenvalue weighted by Gasteiger charge is -2.04. The molecule has 0 aliphatic heterocycles. The number of halogens is 2. The summed E-state index contributed by atoms with van der Waals surface area (Å²) in [4.78, 5) is 0. The maximum absolute atomic E-state index is 12.1. The second-order valence-corrected chi connectivity index (χ2v) is 4.68. The molecule has 0 unspecified atom stereocenters. The fourth-order valence-corrected chi connectivity index (χ4v) is 1.93. The highest BCUT2D eigenvalue weighted by Gasteiger charge is 1.94. The number of benzene rings is 2. The Kier molecular flexibility index (Phi) is 6.42. The monoisotopic (exact) mass is 303 g/mol. The zero-order valence-corrected chi connectivity index (χ0v) is 12.3. The van der Waals surface area contributed by atoms with Crippen LogP contribution in [-0.2, 0) is 0 Å². The van der Waals surface area contributed by atoms with Gasteiger partial charge in [-0.3, -0.25) is 0 Å². The van der Waals surface area contributed by atoms with Gasteiger partial charge >= 0.3 is 0 Å². The van der Waals surface area contributed by atoms with Gasteiger partial charge in [-0.1, -0.05) is 36.4 Å². The molecule has 4 heteroatoms. The van der Waals surface area contributed by atoms with Gasteiger partial charge in [0.25, 0.3) is 0 Å². The molecular weight excluding hydrogens is 284 g/mol. The van der Waals surface area contributed by atoms with Gasteiger partial charge in [-0.2, -0.15) is 0 Å². The lowest BCUT2D eigenvalue weighted by molar-refractivity contribution is 0.273. The summed E-state index contributed by atoms with van der Waals surface area (Å²) in [5.74, 6) is 0.665. The molecular formula is C18H19F2NO. The molecule has 0 aliphatic carbocycles. The van der Waals surface area contributed by atoms with Crippen molar-refractivity contribution in [2.45, 2.75) is 0 Å². The van der Waals surface area contributed by atoms with E-state index in [1.807, 2.05) is 60.7 Å². The smallest absolute Gasteiger partial charge is 0.123 e. The highest BCUT2D eigenvalue weighted by Crippen LogP contribution is 2.16. The minimum Gasteiger partial charge on any atom is -0.491 e. The summed E-state index contributed by atoms with van der Waals surface area (Å²) in [6.45, 7) is -0.464. The zero-order chi connectivity index (χ0) is 15.6. The first-order chi connectivity index (χ1) is 10.8. The molecule has 0 bridgehead atoms. The normalized spacial score (nSPS) is 10.8. The van der Waals surface area contributed by atoms with Crippen molar-refractivity contribution in [1.29, 1.82) is 0 Å². The second-order valence-electron chi connectivity index (χ2n) is 4.68. The Bertz CT molecular complexity index is 526. The van der Waals surface area contributed by atoms with Gasteiger partial charge in [0.15, 0.2) is 0 Å². The van der Waals surface area contributed by atoms with E-state index < -0.39 is 6.67 Å². The summed E-state index contributed by atoms with van der Waals surface area (Å²) < 4.78 is 29.3. The van der Waals surface area contributed by atoms with Crippen molar-refractivity contribution in [2.75, 3.05) is 31.8 Å². The molecule has 1 N–H and O–H groups in total. The summed E-state index contributed by atoms with van der Waals surface area (Å²) in [6.07, 6.45) is 3.99. The Hall–Kier alpha value is -2.36. The number of nitrogens with one attached hydrogen (secondary N) is 1. The van der Waals surface area contributed by atoms with Gasteiger partial charge in [0.05, 0.1) is 0 Å². The molecule has 0 heterocycles. The van der Waals surface area contributed by atoms with Crippen LogP contribution in [0.4, 0.5) is 14.5 Å². The molecule has 0 saturated carbocycles. The first-order valence-electron chi connectivity index (χ1n) is 7.18. The molecule has 2 nitrogen and oxygen atoms in total. The van der Waals surface area contributed by atoms with E-state index in [0.717, 1.165) is 16.8 Å². The average Bonchev–Trinajstić information content (AvgIpc) is 2.58. The molecule has 2 aromatic rings. The van der Waals surface area contributed by atoms with Gasteiger partial charge in [-0.15, -0.1) is 0 Å². The molecule has 0 saturated heterocycles. The van der Waals surface area contributed by atoms with Crippen LogP contribution < -0.4 is 10.1 Å². The van der Waals surface area contributed by atoms with Crippen molar-refractivity contribution >= 4 is 17.8 Å². The minimum absolute atomic E-state index is 0.0813. The van der Waals surface area contributed by atoms with E-state index in [9.17, 15) is 8.78 Å². The van der Waals surface area contributed by atoms with Gasteiger partial charge in [0, 0.05) is 12.2 Å². The van der Waals surface area contributed by atoms with Crippen molar-refractivity contribution < 1.29 is 13.5 Å². The van der Waals surface area contributed by atoms with E-state index in [4.69, 9.17) is 4.74 Å². The van der Waals surface area contributed by atoms with Gasteiger partial charge in [0.1, 0.15) is 25.7 Å². The van der Waals surface area contributed by atoms with E-state index >= 15 is 0 Å². The van der Waals surface area contributed by atoms with Crippen LogP contribution in [0, 0.1) is 0 Å². The third-order valence-corrected chi connectivity index (χ3v) is 3.03. The molecule has 0 fully saturated rings. The maximum Gasteiger partial charge on any atom is 0.123 e. The second kappa shape index (κ2) is 8.82. The van der Waals surface area contributed by atoms with Gasteiger partial charge < -0.3 is 10.1 Å². The average molecular weight is 303 g/mol. The van der Waals surface area contributed by atoms with E-state index in [-0.39, 0.29) is 13.3 Å². The highest BCUT2D eigenvalue weighted by molar-refractivity contribution is 5.70. The number of hydrogen-bond donors (Lipinski definition) is 1. The quantitative estimate of drug-likeness (QED) is 0.720. The van der Waals surface area contributed by atoms with E-state index in [0.29, 0.717) is 12.3 Å². The Labute approximate surface area is 129 Å². The first-order valence-corrected chi connectivity index (χ1v) is 7.18. The molecule has 2 aromatic carbocycles. The van der Waals surface area contributed by atoms with Gasteiger partial charge in [0.2, 0.25) is 0 Å². The van der Waals surface area contributed by atoms with Crippen LogP contribution in [0.5, 0.6) is 5.75 Å². The third-order valence-electron chi connectivity index (χ3n) is 3.03. The number of rotatable bonds is 8. The van der Waals surface area contributed by atoms with Crippen molar-refractivity contribution in [3.63, 3.8) is 0 Å². The van der Waals surface area contributed by atoms with E-state index in [1.54, 1.807) is 0 Å². The standard InChI is InChI=1S/C18H19F2NO/c19-11-13-21-17-7-3-15(4-8-17)1-2-16-5-9-18(10-6-16)22-14-12-20/h1-10,21H,11-14H2/b2-1+. The maximum atomic E-state index is 12.1. The molecule has 0 aliphatic rings. The SMILES string of the molecule is FCCNc1ccc(/C=C/c2ccc(OCCF)cc2)cc1. The first kappa shape index (κ1) is 16.0. The minimum atomic E-state index is -0.488. The molecule has 116 valence electrons. The van der Waals surface area contributed by atoms with Crippen molar-refractivity contribution in [1.82, 2.24) is 0 Å². The fraction of sp³-hybridized carbons (Fsp3) is 0.222. The number of alkyl halides is 2. The molecule has 2 rings (SSSR count). The largest absolute Gasteiger partial charge is 0.491 e. The zero-order valence-electron chi connectivity index (χ0n) is 12.3. The number of hydrogen-bond acceptors (Lipinski definition) is 2. The molecule has 0 radical (unpaired) electrons. The van der Waals surface area contributed by atoms with E-state index in [1.165, 1.54) is 0 Å². The summed E-state index contributed by atoms with van der Waals surface area (Å²) in [6, 6.07) is 15.2. The predicted octanol–water partition coefficient (Wildman–Crippen LogP) is 4.59. The topological polar surface area (TPSA) is 21.3 Å².